The molecule has 4 heterocycles. The number of sulfone groups is 1. The normalized spacial score (nSPS) is 18.2. The van der Waals surface area contributed by atoms with Gasteiger partial charge in [0.25, 0.3) is 5.69 Å². The molecule has 0 spiro atoms. The van der Waals surface area contributed by atoms with Crippen LogP contribution in [0.3, 0.4) is 0 Å². The van der Waals surface area contributed by atoms with Crippen molar-refractivity contribution < 1.29 is 45.6 Å². The summed E-state index contributed by atoms with van der Waals surface area (Å²) in [5.74, 6) is -1.74. The molecular weight excluding hydrogens is 927 g/mol. The average Bonchev–Trinajstić information content (AvgIpc) is 3.77. The molecule has 8 rings (SSSR count). The number of ketones is 1. The number of halogens is 4. The molecule has 2 N–H and O–H groups in total. The highest BCUT2D eigenvalue weighted by atomic mass is 35.5. The lowest BCUT2D eigenvalue weighted by Crippen LogP contribution is -2.47. The number of allylic oxidation sites excluding steroid dienone is 1. The summed E-state index contributed by atoms with van der Waals surface area (Å²) in [5, 5.41) is 16.0. The summed E-state index contributed by atoms with van der Waals surface area (Å²) in [5.41, 5.74) is 2.81. The first kappa shape index (κ1) is 48.4. The molecule has 0 bridgehead atoms. The smallest absolute Gasteiger partial charge is 0.416 e. The van der Waals surface area contributed by atoms with E-state index in [1.807, 2.05) is 6.07 Å². The summed E-state index contributed by atoms with van der Waals surface area (Å²) >= 11 is 6.54. The Hall–Kier alpha value is -6.02. The minimum Gasteiger partial charge on any atom is -0.455 e. The van der Waals surface area contributed by atoms with Gasteiger partial charge >= 0.3 is 6.18 Å². The van der Waals surface area contributed by atoms with Gasteiger partial charge in [0.15, 0.2) is 15.6 Å². The minimum atomic E-state index is -4.50. The van der Waals surface area contributed by atoms with Crippen molar-refractivity contribution in [3.8, 4) is 11.5 Å². The van der Waals surface area contributed by atoms with Crippen LogP contribution in [0.15, 0.2) is 89.6 Å². The summed E-state index contributed by atoms with van der Waals surface area (Å²) in [4.78, 5) is 50.4. The lowest BCUT2D eigenvalue weighted by atomic mass is 9.72. The summed E-state index contributed by atoms with van der Waals surface area (Å²) in [7, 11) is -4.42. The van der Waals surface area contributed by atoms with Crippen molar-refractivity contribution in [1.29, 1.82) is 0 Å². The molecule has 1 unspecified atom stereocenters. The monoisotopic (exact) mass is 977 g/mol. The number of aromatic amines is 1. The van der Waals surface area contributed by atoms with Crippen molar-refractivity contribution >= 4 is 66.8 Å². The number of rotatable bonds is 14. The maximum atomic E-state index is 14.1. The van der Waals surface area contributed by atoms with Gasteiger partial charge in [-0.15, -0.1) is 0 Å². The molecule has 1 atom stereocenters. The first-order chi connectivity index (χ1) is 32.2. The van der Waals surface area contributed by atoms with E-state index < -0.39 is 48.6 Å². The fraction of sp³-hybridized carbons (Fsp3) is 0.396. The van der Waals surface area contributed by atoms with E-state index in [0.717, 1.165) is 53.3 Å². The molecule has 1 amide bonds. The van der Waals surface area contributed by atoms with E-state index in [0.29, 0.717) is 69.3 Å². The standard InChI is InChI=1S/C48H51ClF3N7O8S/c1-30(60)58-25-31(27-66-29-58)23-54-42-9-6-37(21-43(42)59(62)63)68(64,65)28-44(61)39-8-5-35(20-45(39)67-36-18-32-11-13-53-46(32)55-24-36)57-16-14-56(15-17-57)26-33-10-12-47(2,3)22-40(33)38-7-4-34(19-41(38)49)48(50,51)52/h4-9,11,13,18-21,24,31,54H,10,12,14-17,22-23,25-29H2,1-3H3,(H,53,55). The number of nitro groups is 1. The summed E-state index contributed by atoms with van der Waals surface area (Å²) in [6.45, 7) is 9.92. The predicted molar refractivity (Wildman–Crippen MR) is 252 cm³/mol. The molecule has 20 heteroatoms. The van der Waals surface area contributed by atoms with Crippen LogP contribution in [0.2, 0.25) is 5.02 Å². The molecule has 2 fully saturated rings. The molecule has 5 aromatic rings. The number of piperazine rings is 1. The van der Waals surface area contributed by atoms with Gasteiger partial charge in [-0.3, -0.25) is 24.6 Å². The number of amides is 1. The van der Waals surface area contributed by atoms with Crippen LogP contribution >= 0.6 is 11.6 Å². The minimum absolute atomic E-state index is 0.0196. The van der Waals surface area contributed by atoms with Crippen LogP contribution in [0.25, 0.3) is 16.6 Å². The van der Waals surface area contributed by atoms with E-state index in [4.69, 9.17) is 21.1 Å². The molecule has 3 aromatic carbocycles. The number of ether oxygens (including phenoxy) is 2. The third kappa shape index (κ3) is 11.1. The summed E-state index contributed by atoms with van der Waals surface area (Å²) < 4.78 is 80.0. The lowest BCUT2D eigenvalue weighted by molar-refractivity contribution is -0.384. The molecule has 0 radical (unpaired) electrons. The van der Waals surface area contributed by atoms with Crippen molar-refractivity contribution in [2.24, 2.45) is 11.3 Å². The van der Waals surface area contributed by atoms with Gasteiger partial charge in [0.1, 0.15) is 35.3 Å². The van der Waals surface area contributed by atoms with Gasteiger partial charge in [0, 0.05) is 93.1 Å². The molecule has 1 aliphatic carbocycles. The Morgan fingerprint density at radius 3 is 2.56 bits per heavy atom. The molecule has 2 aromatic heterocycles. The average molecular weight is 978 g/mol. The second-order valence-corrected chi connectivity index (χ2v) is 20.8. The number of carbonyl (C=O) groups excluding carboxylic acids is 2. The van der Waals surface area contributed by atoms with Gasteiger partial charge in [-0.1, -0.05) is 37.1 Å². The highest BCUT2D eigenvalue weighted by molar-refractivity contribution is 7.92. The van der Waals surface area contributed by atoms with Crippen LogP contribution in [-0.4, -0.2) is 110 Å². The Morgan fingerprint density at radius 1 is 1.06 bits per heavy atom. The Balaban J connectivity index is 0.997. The molecule has 15 nitrogen and oxygen atoms in total. The highest BCUT2D eigenvalue weighted by Gasteiger charge is 2.34. The zero-order valence-electron chi connectivity index (χ0n) is 37.7. The van der Waals surface area contributed by atoms with Gasteiger partial charge in [0.05, 0.1) is 33.7 Å². The summed E-state index contributed by atoms with van der Waals surface area (Å²) in [6.07, 6.45) is 1.10. The third-order valence-electron chi connectivity index (χ3n) is 12.8. The number of pyridine rings is 1. The third-order valence-corrected chi connectivity index (χ3v) is 14.7. The van der Waals surface area contributed by atoms with E-state index in [2.05, 4.69) is 38.9 Å². The molecule has 2 aliphatic heterocycles. The van der Waals surface area contributed by atoms with Gasteiger partial charge in [-0.25, -0.2) is 13.4 Å². The fourth-order valence-electron chi connectivity index (χ4n) is 8.97. The number of nitrogens with one attached hydrogen (secondary N) is 2. The molecule has 360 valence electrons. The van der Waals surface area contributed by atoms with Crippen LogP contribution < -0.4 is 15.0 Å². The number of H-pyrrole nitrogens is 1. The number of alkyl halides is 3. The Kier molecular flexibility index (Phi) is 13.9. The second kappa shape index (κ2) is 19.5. The van der Waals surface area contributed by atoms with Crippen molar-refractivity contribution in [3.05, 3.63) is 117 Å². The van der Waals surface area contributed by atoms with E-state index >= 15 is 0 Å². The number of anilines is 2. The van der Waals surface area contributed by atoms with Crippen molar-refractivity contribution in [2.45, 2.75) is 51.1 Å². The lowest BCUT2D eigenvalue weighted by Gasteiger charge is -2.39. The Labute approximate surface area is 396 Å². The number of hydrogen-bond donors (Lipinski definition) is 2. The number of benzene rings is 3. The maximum absolute atomic E-state index is 14.1. The first-order valence-electron chi connectivity index (χ1n) is 22.1. The van der Waals surface area contributed by atoms with Crippen molar-refractivity contribution in [3.63, 3.8) is 0 Å². The molecule has 0 saturated carbocycles. The summed E-state index contributed by atoms with van der Waals surface area (Å²) in [6, 6.07) is 15.5. The van der Waals surface area contributed by atoms with Crippen molar-refractivity contribution in [1.82, 2.24) is 19.8 Å². The number of aromatic nitrogens is 2. The van der Waals surface area contributed by atoms with E-state index in [1.54, 1.807) is 24.4 Å². The van der Waals surface area contributed by atoms with E-state index in [9.17, 15) is 41.3 Å². The molecule has 68 heavy (non-hydrogen) atoms. The van der Waals surface area contributed by atoms with Crippen LogP contribution in [-0.2, 0) is 25.5 Å². The zero-order chi connectivity index (χ0) is 48.5. The number of hydrogen-bond acceptors (Lipinski definition) is 12. The largest absolute Gasteiger partial charge is 0.455 e. The van der Waals surface area contributed by atoms with Crippen LogP contribution in [0.4, 0.5) is 30.2 Å². The molecule has 3 aliphatic rings. The zero-order valence-corrected chi connectivity index (χ0v) is 39.3. The van der Waals surface area contributed by atoms with Gasteiger partial charge in [0.2, 0.25) is 5.91 Å². The predicted octanol–water partition coefficient (Wildman–Crippen LogP) is 9.24. The van der Waals surface area contributed by atoms with Crippen LogP contribution in [0, 0.1) is 21.4 Å². The number of Topliss-reactive ketones (excluding diaryl/α,β-unsaturated/α-hetero) is 1. The van der Waals surface area contributed by atoms with Crippen LogP contribution in [0.5, 0.6) is 11.5 Å². The SMILES string of the molecule is CC(=O)N1COCC(CNc2ccc(S(=O)(=O)CC(=O)c3ccc(N4CCN(CC5=C(c6ccc(C(F)(F)F)cc6Cl)CC(C)(C)CC5)CC4)cc3Oc3cnc4[nH]ccc4c3)cc2[N+](=O)[O-])C1. The van der Waals surface area contributed by atoms with Gasteiger partial charge in [-0.2, -0.15) is 13.2 Å². The first-order valence-corrected chi connectivity index (χ1v) is 24.2. The highest BCUT2D eigenvalue weighted by Crippen LogP contribution is 2.46. The quantitative estimate of drug-likeness (QED) is 0.0613. The Morgan fingerprint density at radius 2 is 1.84 bits per heavy atom. The molecular formula is C48H51ClF3N7O8S. The second-order valence-electron chi connectivity index (χ2n) is 18.4. The van der Waals surface area contributed by atoms with Crippen molar-refractivity contribution in [2.75, 3.05) is 75.1 Å². The maximum Gasteiger partial charge on any atom is 0.416 e. The molecule has 2 saturated heterocycles. The number of carbonyl (C=O) groups is 2. The van der Waals surface area contributed by atoms with E-state index in [1.165, 1.54) is 42.3 Å². The Bertz CT molecular complexity index is 2900. The topological polar surface area (TPSA) is 180 Å². The van der Waals surface area contributed by atoms with Gasteiger partial charge in [-0.05, 0) is 84.3 Å². The van der Waals surface area contributed by atoms with Crippen LogP contribution in [0.1, 0.15) is 61.5 Å². The van der Waals surface area contributed by atoms with E-state index in [-0.39, 0.29) is 52.5 Å². The number of fused-ring (bicyclic) bond motifs is 1. The fourth-order valence-corrected chi connectivity index (χ4v) is 10.5. The number of nitro benzene ring substituents is 1. The number of nitrogens with zero attached hydrogens (tertiary/aromatic N) is 5. The van der Waals surface area contributed by atoms with Gasteiger partial charge < -0.3 is 29.6 Å².